The molecule has 6 nitrogen and oxygen atoms in total. The van der Waals surface area contributed by atoms with E-state index in [4.69, 9.17) is 9.47 Å². The van der Waals surface area contributed by atoms with Gasteiger partial charge in [0, 0.05) is 6.07 Å². The molecule has 0 saturated carbocycles. The molecule has 0 aliphatic rings. The second kappa shape index (κ2) is 7.84. The minimum Gasteiger partial charge on any atom is -0.478 e. The minimum atomic E-state index is -1.09. The highest BCUT2D eigenvalue weighted by molar-refractivity contribution is 5.91. The molecule has 0 fully saturated rings. The highest BCUT2D eigenvalue weighted by atomic mass is 16.5. The quantitative estimate of drug-likeness (QED) is 0.606. The van der Waals surface area contributed by atoms with Crippen LogP contribution in [0.5, 0.6) is 23.0 Å². The number of rotatable bonds is 6. The fraction of sp³-hybridized carbons (Fsp3) is 0.0909. The Balaban J connectivity index is 1.89. The number of benzene rings is 3. The zero-order valence-electron chi connectivity index (χ0n) is 15.3. The van der Waals surface area contributed by atoms with Crippen LogP contribution in [0.3, 0.4) is 0 Å². The molecule has 0 amide bonds. The van der Waals surface area contributed by atoms with Crippen molar-refractivity contribution in [2.24, 2.45) is 0 Å². The van der Waals surface area contributed by atoms with Gasteiger partial charge in [0.1, 0.15) is 34.1 Å². The molecule has 6 heteroatoms. The van der Waals surface area contributed by atoms with E-state index in [9.17, 15) is 19.8 Å². The van der Waals surface area contributed by atoms with Crippen LogP contribution in [0.4, 0.5) is 0 Å². The molecular formula is C22H18O6. The Bertz CT molecular complexity index is 974. The van der Waals surface area contributed by atoms with Crippen molar-refractivity contribution >= 4 is 11.9 Å². The van der Waals surface area contributed by atoms with Gasteiger partial charge in [-0.25, -0.2) is 9.59 Å². The zero-order chi connectivity index (χ0) is 20.3. The first-order valence-corrected chi connectivity index (χ1v) is 8.47. The first-order chi connectivity index (χ1) is 13.3. The lowest BCUT2D eigenvalue weighted by Gasteiger charge is -2.12. The van der Waals surface area contributed by atoms with Gasteiger partial charge in [-0.3, -0.25) is 0 Å². The molecule has 0 aromatic heterocycles. The van der Waals surface area contributed by atoms with E-state index in [0.29, 0.717) is 11.5 Å². The maximum absolute atomic E-state index is 11.4. The lowest BCUT2D eigenvalue weighted by atomic mass is 10.1. The number of carboxylic acids is 2. The molecular weight excluding hydrogens is 360 g/mol. The fourth-order valence-electron chi connectivity index (χ4n) is 2.66. The van der Waals surface area contributed by atoms with Gasteiger partial charge in [0.25, 0.3) is 0 Å². The molecule has 0 aliphatic heterocycles. The Kier molecular flexibility index (Phi) is 5.31. The fourth-order valence-corrected chi connectivity index (χ4v) is 2.66. The standard InChI is InChI=1S/C22H18O6/c1-13-6-8-19(17(10-13)21(23)24)27-15-4-3-5-16(12-15)28-20-9-7-14(2)11-18(20)22(25)26/h3-12H,1-2H3,(H,23,24)(H,25,26). The first kappa shape index (κ1) is 19.0. The normalized spacial score (nSPS) is 10.4. The highest BCUT2D eigenvalue weighted by Crippen LogP contribution is 2.32. The lowest BCUT2D eigenvalue weighted by Crippen LogP contribution is -2.01. The van der Waals surface area contributed by atoms with Gasteiger partial charge in [-0.15, -0.1) is 0 Å². The summed E-state index contributed by atoms with van der Waals surface area (Å²) in [5.41, 5.74) is 1.72. The van der Waals surface area contributed by atoms with Crippen molar-refractivity contribution in [2.45, 2.75) is 13.8 Å². The molecule has 2 N–H and O–H groups in total. The number of carbonyl (C=O) groups is 2. The summed E-state index contributed by atoms with van der Waals surface area (Å²) in [6.45, 7) is 3.60. The predicted octanol–water partition coefficient (Wildman–Crippen LogP) is 5.28. The van der Waals surface area contributed by atoms with Gasteiger partial charge in [-0.05, 0) is 50.2 Å². The second-order valence-corrected chi connectivity index (χ2v) is 6.29. The van der Waals surface area contributed by atoms with E-state index in [1.165, 1.54) is 12.1 Å². The molecule has 142 valence electrons. The van der Waals surface area contributed by atoms with Gasteiger partial charge >= 0.3 is 11.9 Å². The van der Waals surface area contributed by atoms with E-state index in [-0.39, 0.29) is 22.6 Å². The van der Waals surface area contributed by atoms with Gasteiger partial charge in [-0.2, -0.15) is 0 Å². The molecule has 0 aliphatic carbocycles. The average molecular weight is 378 g/mol. The summed E-state index contributed by atoms with van der Waals surface area (Å²) in [5.74, 6) is -1.02. The average Bonchev–Trinajstić information content (AvgIpc) is 2.64. The second-order valence-electron chi connectivity index (χ2n) is 6.29. The molecule has 0 bridgehead atoms. The third-order valence-electron chi connectivity index (χ3n) is 3.99. The SMILES string of the molecule is Cc1ccc(Oc2cccc(Oc3ccc(C)cc3C(=O)O)c2)c(C(=O)O)c1. The number of aryl methyl sites for hydroxylation is 2. The van der Waals surface area contributed by atoms with Crippen LogP contribution >= 0.6 is 0 Å². The first-order valence-electron chi connectivity index (χ1n) is 8.47. The number of ether oxygens (including phenoxy) is 2. The number of hydrogen-bond acceptors (Lipinski definition) is 4. The van der Waals surface area contributed by atoms with Crippen molar-refractivity contribution in [3.05, 3.63) is 82.9 Å². The van der Waals surface area contributed by atoms with E-state index in [0.717, 1.165) is 11.1 Å². The summed E-state index contributed by atoms with van der Waals surface area (Å²) < 4.78 is 11.4. The molecule has 3 rings (SSSR count). The van der Waals surface area contributed by atoms with Gasteiger partial charge < -0.3 is 19.7 Å². The summed E-state index contributed by atoms with van der Waals surface area (Å²) in [6, 6.07) is 16.3. The van der Waals surface area contributed by atoms with Gasteiger partial charge in [-0.1, -0.05) is 29.3 Å². The van der Waals surface area contributed by atoms with Crippen LogP contribution in [0, 0.1) is 13.8 Å². The van der Waals surface area contributed by atoms with Crippen molar-refractivity contribution in [3.63, 3.8) is 0 Å². The largest absolute Gasteiger partial charge is 0.478 e. The van der Waals surface area contributed by atoms with E-state index in [1.807, 2.05) is 0 Å². The highest BCUT2D eigenvalue weighted by Gasteiger charge is 2.14. The van der Waals surface area contributed by atoms with Crippen molar-refractivity contribution < 1.29 is 29.3 Å². The Morgan fingerprint density at radius 3 is 1.50 bits per heavy atom. The van der Waals surface area contributed by atoms with Crippen molar-refractivity contribution in [2.75, 3.05) is 0 Å². The third kappa shape index (κ3) is 4.29. The van der Waals surface area contributed by atoms with Crippen molar-refractivity contribution in [1.82, 2.24) is 0 Å². The zero-order valence-corrected chi connectivity index (χ0v) is 15.3. The molecule has 0 unspecified atom stereocenters. The van der Waals surface area contributed by atoms with Crippen LogP contribution in [-0.4, -0.2) is 22.2 Å². The molecule has 0 atom stereocenters. The molecule has 3 aromatic carbocycles. The summed E-state index contributed by atoms with van der Waals surface area (Å²) in [5, 5.41) is 18.7. The Labute approximate surface area is 161 Å². The van der Waals surface area contributed by atoms with Crippen LogP contribution in [0.2, 0.25) is 0 Å². The molecule has 0 radical (unpaired) electrons. The Morgan fingerprint density at radius 2 is 1.11 bits per heavy atom. The Morgan fingerprint density at radius 1 is 0.679 bits per heavy atom. The summed E-state index contributed by atoms with van der Waals surface area (Å²) in [7, 11) is 0. The van der Waals surface area contributed by atoms with E-state index < -0.39 is 11.9 Å². The summed E-state index contributed by atoms with van der Waals surface area (Å²) in [6.07, 6.45) is 0. The minimum absolute atomic E-state index is 0.0537. The molecule has 28 heavy (non-hydrogen) atoms. The molecule has 0 heterocycles. The van der Waals surface area contributed by atoms with E-state index in [1.54, 1.807) is 62.4 Å². The van der Waals surface area contributed by atoms with Crippen molar-refractivity contribution in [1.29, 1.82) is 0 Å². The lowest BCUT2D eigenvalue weighted by molar-refractivity contribution is 0.0683. The van der Waals surface area contributed by atoms with Gasteiger partial charge in [0.2, 0.25) is 0 Å². The smallest absolute Gasteiger partial charge is 0.339 e. The predicted molar refractivity (Wildman–Crippen MR) is 103 cm³/mol. The third-order valence-corrected chi connectivity index (χ3v) is 3.99. The Hall–Kier alpha value is -3.80. The summed E-state index contributed by atoms with van der Waals surface area (Å²) in [4.78, 5) is 22.9. The molecule has 0 spiro atoms. The van der Waals surface area contributed by atoms with Gasteiger partial charge in [0.15, 0.2) is 0 Å². The monoisotopic (exact) mass is 378 g/mol. The number of carboxylic acid groups (broad SMARTS) is 2. The molecule has 3 aromatic rings. The van der Waals surface area contributed by atoms with Crippen LogP contribution in [0.1, 0.15) is 31.8 Å². The van der Waals surface area contributed by atoms with Crippen LogP contribution < -0.4 is 9.47 Å². The topological polar surface area (TPSA) is 93.1 Å². The maximum Gasteiger partial charge on any atom is 0.339 e. The number of aromatic carboxylic acids is 2. The van der Waals surface area contributed by atoms with Crippen molar-refractivity contribution in [3.8, 4) is 23.0 Å². The van der Waals surface area contributed by atoms with Gasteiger partial charge in [0.05, 0.1) is 0 Å². The molecule has 0 saturated heterocycles. The van der Waals surface area contributed by atoms with Crippen LogP contribution in [-0.2, 0) is 0 Å². The van der Waals surface area contributed by atoms with Crippen LogP contribution in [0.25, 0.3) is 0 Å². The maximum atomic E-state index is 11.4. The number of hydrogen-bond donors (Lipinski definition) is 2. The van der Waals surface area contributed by atoms with E-state index in [2.05, 4.69) is 0 Å². The summed E-state index contributed by atoms with van der Waals surface area (Å²) >= 11 is 0. The van der Waals surface area contributed by atoms with E-state index >= 15 is 0 Å². The van der Waals surface area contributed by atoms with Crippen LogP contribution in [0.15, 0.2) is 60.7 Å².